The molecule has 1 aromatic heterocycles. The average molecular weight is 413 g/mol. The first kappa shape index (κ1) is 21.6. The molecule has 30 heavy (non-hydrogen) atoms. The zero-order valence-corrected chi connectivity index (χ0v) is 16.9. The summed E-state index contributed by atoms with van der Waals surface area (Å²) in [5.74, 6) is -1.67. The van der Waals surface area contributed by atoms with E-state index in [2.05, 4.69) is 6.92 Å². The Balaban J connectivity index is 1.68. The van der Waals surface area contributed by atoms with Crippen molar-refractivity contribution < 1.29 is 23.4 Å². The van der Waals surface area contributed by atoms with E-state index < -0.39 is 17.6 Å². The molecule has 3 rings (SSSR count). The third kappa shape index (κ3) is 5.69. The number of hydrogen-bond acceptors (Lipinski definition) is 2. The minimum absolute atomic E-state index is 0.0470. The largest absolute Gasteiger partial charge is 0.489 e. The molecule has 0 atom stereocenters. The van der Waals surface area contributed by atoms with E-state index in [1.807, 2.05) is 18.3 Å². The molecule has 0 aliphatic carbocycles. The van der Waals surface area contributed by atoms with Gasteiger partial charge in [0.2, 0.25) is 0 Å². The molecule has 1 N–H and O–H groups in total. The Morgan fingerprint density at radius 2 is 1.67 bits per heavy atom. The molecule has 6 heteroatoms. The lowest BCUT2D eigenvalue weighted by Crippen LogP contribution is -2.07. The molecule has 2 aromatic carbocycles. The molecule has 3 aromatic rings. The van der Waals surface area contributed by atoms with Gasteiger partial charge in [-0.1, -0.05) is 38.3 Å². The molecule has 0 aliphatic rings. The summed E-state index contributed by atoms with van der Waals surface area (Å²) < 4.78 is 33.9. The Morgan fingerprint density at radius 3 is 2.30 bits per heavy atom. The number of rotatable bonds is 10. The summed E-state index contributed by atoms with van der Waals surface area (Å²) in [6, 6.07) is 12.1. The van der Waals surface area contributed by atoms with E-state index in [0.717, 1.165) is 42.9 Å². The predicted octanol–water partition coefficient (Wildman–Crippen LogP) is 6.29. The number of unbranched alkanes of at least 4 members (excludes halogenated alkanes) is 3. The summed E-state index contributed by atoms with van der Waals surface area (Å²) in [4.78, 5) is 11.6. The maximum atomic E-state index is 13.3. The molecule has 0 saturated carbocycles. The molecular formula is C24H25F2NO3. The van der Waals surface area contributed by atoms with Crippen molar-refractivity contribution in [1.82, 2.24) is 4.57 Å². The van der Waals surface area contributed by atoms with Gasteiger partial charge in [0.05, 0.1) is 0 Å². The van der Waals surface area contributed by atoms with Crippen LogP contribution in [-0.2, 0) is 13.2 Å². The van der Waals surface area contributed by atoms with Gasteiger partial charge < -0.3 is 14.4 Å². The van der Waals surface area contributed by atoms with Crippen LogP contribution in [0.2, 0.25) is 0 Å². The van der Waals surface area contributed by atoms with Crippen molar-refractivity contribution in [3.05, 3.63) is 77.6 Å². The highest BCUT2D eigenvalue weighted by Gasteiger charge is 2.13. The van der Waals surface area contributed by atoms with Crippen LogP contribution < -0.4 is 4.74 Å². The minimum atomic E-state index is -0.945. The highest BCUT2D eigenvalue weighted by molar-refractivity contribution is 5.88. The molecule has 0 bridgehead atoms. The molecule has 0 radical (unpaired) electrons. The Labute approximate surface area is 174 Å². The van der Waals surface area contributed by atoms with E-state index >= 15 is 0 Å². The third-order valence-corrected chi connectivity index (χ3v) is 4.88. The first-order valence-electron chi connectivity index (χ1n) is 10.1. The number of aromatic nitrogens is 1. The maximum Gasteiger partial charge on any atom is 0.352 e. The minimum Gasteiger partial charge on any atom is -0.489 e. The fourth-order valence-electron chi connectivity index (χ4n) is 3.35. The SMILES string of the molecule is CCCCCCn1cc(-c2ccc(OCc3cc(F)cc(F)c3)cc2)cc1C(=O)O. The Morgan fingerprint density at radius 1 is 0.967 bits per heavy atom. The third-order valence-electron chi connectivity index (χ3n) is 4.88. The van der Waals surface area contributed by atoms with E-state index in [0.29, 0.717) is 17.9 Å². The number of carboxylic acids is 1. The van der Waals surface area contributed by atoms with Crippen molar-refractivity contribution in [2.75, 3.05) is 0 Å². The fourth-order valence-corrected chi connectivity index (χ4v) is 3.35. The molecule has 158 valence electrons. The zero-order chi connectivity index (χ0) is 21.5. The highest BCUT2D eigenvalue weighted by Crippen LogP contribution is 2.26. The van der Waals surface area contributed by atoms with Crippen LogP contribution in [0.3, 0.4) is 0 Å². The number of aromatic carboxylic acids is 1. The smallest absolute Gasteiger partial charge is 0.352 e. The van der Waals surface area contributed by atoms with Gasteiger partial charge in [0, 0.05) is 24.4 Å². The van der Waals surface area contributed by atoms with Crippen LogP contribution in [0, 0.1) is 11.6 Å². The summed E-state index contributed by atoms with van der Waals surface area (Å²) in [6.07, 6.45) is 6.15. The van der Waals surface area contributed by atoms with E-state index in [-0.39, 0.29) is 12.3 Å². The summed E-state index contributed by atoms with van der Waals surface area (Å²) in [5.41, 5.74) is 2.37. The second-order valence-corrected chi connectivity index (χ2v) is 7.26. The van der Waals surface area contributed by atoms with Gasteiger partial charge in [-0.05, 0) is 47.9 Å². The summed E-state index contributed by atoms with van der Waals surface area (Å²) in [6.45, 7) is 2.86. The Bertz CT molecular complexity index is 976. The number of carbonyl (C=O) groups is 1. The summed E-state index contributed by atoms with van der Waals surface area (Å²) in [5, 5.41) is 9.50. The van der Waals surface area contributed by atoms with Gasteiger partial charge in [-0.25, -0.2) is 13.6 Å². The van der Waals surface area contributed by atoms with Gasteiger partial charge in [0.15, 0.2) is 0 Å². The van der Waals surface area contributed by atoms with Crippen molar-refractivity contribution in [2.24, 2.45) is 0 Å². The van der Waals surface area contributed by atoms with Crippen molar-refractivity contribution in [1.29, 1.82) is 0 Å². The number of halogens is 2. The van der Waals surface area contributed by atoms with Gasteiger partial charge in [-0.15, -0.1) is 0 Å². The second-order valence-electron chi connectivity index (χ2n) is 7.26. The van der Waals surface area contributed by atoms with Crippen LogP contribution >= 0.6 is 0 Å². The van der Waals surface area contributed by atoms with Crippen LogP contribution in [0.25, 0.3) is 11.1 Å². The molecule has 1 heterocycles. The lowest BCUT2D eigenvalue weighted by atomic mass is 10.1. The van der Waals surface area contributed by atoms with Crippen molar-refractivity contribution in [3.8, 4) is 16.9 Å². The Kier molecular flexibility index (Phi) is 7.22. The van der Waals surface area contributed by atoms with Gasteiger partial charge in [-0.3, -0.25) is 0 Å². The summed E-state index contributed by atoms with van der Waals surface area (Å²) >= 11 is 0. The van der Waals surface area contributed by atoms with Crippen LogP contribution in [0.1, 0.15) is 48.7 Å². The molecule has 4 nitrogen and oxygen atoms in total. The average Bonchev–Trinajstić information content (AvgIpc) is 3.14. The normalized spacial score (nSPS) is 10.9. The molecule has 0 fully saturated rings. The highest BCUT2D eigenvalue weighted by atomic mass is 19.1. The van der Waals surface area contributed by atoms with E-state index in [4.69, 9.17) is 4.74 Å². The maximum absolute atomic E-state index is 13.3. The summed E-state index contributed by atoms with van der Waals surface area (Å²) in [7, 11) is 0. The second kappa shape index (κ2) is 10.1. The zero-order valence-electron chi connectivity index (χ0n) is 16.9. The number of ether oxygens (including phenoxy) is 1. The van der Waals surface area contributed by atoms with Crippen molar-refractivity contribution >= 4 is 5.97 Å². The molecule has 0 saturated heterocycles. The number of carboxylic acid groups (broad SMARTS) is 1. The van der Waals surface area contributed by atoms with Crippen LogP contribution in [-0.4, -0.2) is 15.6 Å². The molecular weight excluding hydrogens is 388 g/mol. The number of aryl methyl sites for hydroxylation is 1. The van der Waals surface area contributed by atoms with Gasteiger partial charge in [-0.2, -0.15) is 0 Å². The van der Waals surface area contributed by atoms with Gasteiger partial charge >= 0.3 is 5.97 Å². The molecule has 0 spiro atoms. The van der Waals surface area contributed by atoms with E-state index in [1.165, 1.54) is 12.1 Å². The Hall–Kier alpha value is -3.15. The fraction of sp³-hybridized carbons (Fsp3) is 0.292. The first-order chi connectivity index (χ1) is 14.5. The molecule has 0 aliphatic heterocycles. The van der Waals surface area contributed by atoms with Crippen LogP contribution in [0.5, 0.6) is 5.75 Å². The van der Waals surface area contributed by atoms with Crippen LogP contribution in [0.4, 0.5) is 8.78 Å². The van der Waals surface area contributed by atoms with E-state index in [1.54, 1.807) is 22.8 Å². The predicted molar refractivity (Wildman–Crippen MR) is 112 cm³/mol. The lowest BCUT2D eigenvalue weighted by Gasteiger charge is -2.08. The van der Waals surface area contributed by atoms with Crippen molar-refractivity contribution in [2.45, 2.75) is 45.8 Å². The number of nitrogens with zero attached hydrogens (tertiary/aromatic N) is 1. The first-order valence-corrected chi connectivity index (χ1v) is 10.1. The molecule has 0 unspecified atom stereocenters. The molecule has 0 amide bonds. The quantitative estimate of drug-likeness (QED) is 0.397. The monoisotopic (exact) mass is 413 g/mol. The topological polar surface area (TPSA) is 51.5 Å². The van der Waals surface area contributed by atoms with Gasteiger partial charge in [0.25, 0.3) is 0 Å². The van der Waals surface area contributed by atoms with Gasteiger partial charge in [0.1, 0.15) is 29.7 Å². The van der Waals surface area contributed by atoms with Crippen molar-refractivity contribution in [3.63, 3.8) is 0 Å². The van der Waals surface area contributed by atoms with Crippen LogP contribution in [0.15, 0.2) is 54.7 Å². The number of benzene rings is 2. The lowest BCUT2D eigenvalue weighted by molar-refractivity contribution is 0.0685. The number of hydrogen-bond donors (Lipinski definition) is 1. The van der Waals surface area contributed by atoms with E-state index in [9.17, 15) is 18.7 Å². The standard InChI is InChI=1S/C24H25F2NO3/c1-2-3-4-5-10-27-15-19(13-23(27)24(28)29)18-6-8-22(9-7-18)30-16-17-11-20(25)14-21(26)12-17/h6-9,11-15H,2-5,10,16H2,1H3,(H,28,29).